The number of allylic oxidation sites excluding steroid dienone is 1. The molecule has 0 saturated heterocycles. The molecule has 2 heterocycles. The molecule has 3 rings (SSSR count). The summed E-state index contributed by atoms with van der Waals surface area (Å²) in [5.41, 5.74) is 0.581. The van der Waals surface area contributed by atoms with Gasteiger partial charge in [0.05, 0.1) is 12.4 Å². The van der Waals surface area contributed by atoms with Crippen LogP contribution in [-0.2, 0) is 0 Å². The number of halogens is 1. The van der Waals surface area contributed by atoms with Crippen LogP contribution in [0, 0.1) is 10.7 Å². The number of nitroso groups, excluding NO2 is 1. The monoisotopic (exact) mass is 334 g/mol. The number of fused-ring (bicyclic) bond motifs is 1. The van der Waals surface area contributed by atoms with E-state index < -0.39 is 11.9 Å². The Morgan fingerprint density at radius 2 is 2.25 bits per heavy atom. The highest BCUT2D eigenvalue weighted by Crippen LogP contribution is 2.45. The van der Waals surface area contributed by atoms with Crippen LogP contribution in [0.3, 0.4) is 0 Å². The minimum atomic E-state index is -0.807. The SMILES string of the molecule is C=CC(=C)NC(C1=NN1N=O)c1cc(OC)c2c(c1F)OCCO2. The number of nitrogens with one attached hydrogen (secondary N) is 1. The Morgan fingerprint density at radius 1 is 1.54 bits per heavy atom. The predicted octanol–water partition coefficient (Wildman–Crippen LogP) is 2.25. The lowest BCUT2D eigenvalue weighted by Gasteiger charge is -2.24. The molecule has 0 bridgehead atoms. The lowest BCUT2D eigenvalue weighted by atomic mass is 10.0. The van der Waals surface area contributed by atoms with Gasteiger partial charge in [0.1, 0.15) is 19.3 Å². The Bertz CT molecular complexity index is 749. The molecule has 0 radical (unpaired) electrons. The number of amidine groups is 1. The molecule has 0 spiro atoms. The second kappa shape index (κ2) is 6.19. The summed E-state index contributed by atoms with van der Waals surface area (Å²) >= 11 is 0. The number of ether oxygens (including phenoxy) is 3. The summed E-state index contributed by atoms with van der Waals surface area (Å²) in [5, 5.41) is 10.3. The van der Waals surface area contributed by atoms with Gasteiger partial charge in [0.2, 0.25) is 17.3 Å². The average molecular weight is 334 g/mol. The first kappa shape index (κ1) is 15.8. The Balaban J connectivity index is 2.07. The van der Waals surface area contributed by atoms with Crippen molar-refractivity contribution in [1.29, 1.82) is 0 Å². The molecule has 8 nitrogen and oxygen atoms in total. The number of rotatable bonds is 7. The van der Waals surface area contributed by atoms with Crippen LogP contribution in [0.25, 0.3) is 0 Å². The van der Waals surface area contributed by atoms with Crippen LogP contribution in [-0.4, -0.2) is 31.3 Å². The molecule has 0 aromatic heterocycles. The lowest BCUT2D eigenvalue weighted by Crippen LogP contribution is -2.27. The molecule has 2 aliphatic rings. The van der Waals surface area contributed by atoms with Gasteiger partial charge in [-0.3, -0.25) is 0 Å². The number of benzene rings is 1. The Hall–Kier alpha value is -3.10. The molecule has 1 aromatic carbocycles. The van der Waals surface area contributed by atoms with E-state index in [9.17, 15) is 9.30 Å². The van der Waals surface area contributed by atoms with Gasteiger partial charge in [-0.05, 0) is 12.1 Å². The maximum absolute atomic E-state index is 15.0. The van der Waals surface area contributed by atoms with Crippen molar-refractivity contribution < 1.29 is 18.6 Å². The van der Waals surface area contributed by atoms with Gasteiger partial charge < -0.3 is 19.5 Å². The molecule has 9 heteroatoms. The molecule has 1 aromatic rings. The Labute approximate surface area is 137 Å². The molecule has 0 fully saturated rings. The Kier molecular flexibility index (Phi) is 4.07. The summed E-state index contributed by atoms with van der Waals surface area (Å²) < 4.78 is 31.0. The van der Waals surface area contributed by atoms with Gasteiger partial charge in [0.15, 0.2) is 11.6 Å². The highest BCUT2D eigenvalue weighted by molar-refractivity contribution is 5.96. The average Bonchev–Trinajstić information content (AvgIpc) is 3.40. The fourth-order valence-corrected chi connectivity index (χ4v) is 2.36. The summed E-state index contributed by atoms with van der Waals surface area (Å²) in [5.74, 6) is 0.0720. The van der Waals surface area contributed by atoms with E-state index >= 15 is 0 Å². The van der Waals surface area contributed by atoms with E-state index in [1.807, 2.05) is 0 Å². The van der Waals surface area contributed by atoms with Crippen molar-refractivity contribution in [2.45, 2.75) is 6.04 Å². The van der Waals surface area contributed by atoms with E-state index in [0.29, 0.717) is 18.1 Å². The first-order valence-corrected chi connectivity index (χ1v) is 7.06. The topological polar surface area (TPSA) is 84.5 Å². The van der Waals surface area contributed by atoms with E-state index in [-0.39, 0.29) is 29.5 Å². The lowest BCUT2D eigenvalue weighted by molar-refractivity contribution is 0.157. The molecular formula is C15H15FN4O4. The molecule has 1 N–H and O–H groups in total. The van der Waals surface area contributed by atoms with Crippen molar-refractivity contribution in [2.24, 2.45) is 10.4 Å². The highest BCUT2D eigenvalue weighted by atomic mass is 19.1. The molecule has 24 heavy (non-hydrogen) atoms. The van der Waals surface area contributed by atoms with Gasteiger partial charge in [-0.25, -0.2) is 4.39 Å². The molecule has 1 unspecified atom stereocenters. The van der Waals surface area contributed by atoms with E-state index in [0.717, 1.165) is 5.12 Å². The molecule has 126 valence electrons. The molecule has 2 aliphatic heterocycles. The number of hydrogen-bond donors (Lipinski definition) is 1. The molecule has 0 aliphatic carbocycles. The van der Waals surface area contributed by atoms with E-state index in [2.05, 4.69) is 28.9 Å². The summed E-state index contributed by atoms with van der Waals surface area (Å²) in [4.78, 5) is 10.6. The molecule has 0 amide bonds. The van der Waals surface area contributed by atoms with Crippen molar-refractivity contribution in [3.63, 3.8) is 0 Å². The van der Waals surface area contributed by atoms with Crippen LogP contribution >= 0.6 is 0 Å². The van der Waals surface area contributed by atoms with Crippen molar-refractivity contribution in [3.05, 3.63) is 47.3 Å². The van der Waals surface area contributed by atoms with Gasteiger partial charge in [0, 0.05) is 11.3 Å². The molecular weight excluding hydrogens is 319 g/mol. The normalized spacial score (nSPS) is 15.9. The van der Waals surface area contributed by atoms with Crippen molar-refractivity contribution >= 4 is 5.84 Å². The first-order chi connectivity index (χ1) is 11.6. The number of methoxy groups -OCH3 is 1. The fraction of sp³-hybridized carbons (Fsp3) is 0.267. The largest absolute Gasteiger partial charge is 0.493 e. The summed E-state index contributed by atoms with van der Waals surface area (Å²) in [6, 6.07) is 0.652. The van der Waals surface area contributed by atoms with Gasteiger partial charge in [0.25, 0.3) is 0 Å². The first-order valence-electron chi connectivity index (χ1n) is 7.06. The maximum atomic E-state index is 15.0. The van der Waals surface area contributed by atoms with E-state index in [4.69, 9.17) is 14.2 Å². The van der Waals surface area contributed by atoms with Crippen LogP contribution in [0.1, 0.15) is 11.6 Å². The zero-order chi connectivity index (χ0) is 17.3. The summed E-state index contributed by atoms with van der Waals surface area (Å²) in [6.45, 7) is 7.84. The Morgan fingerprint density at radius 3 is 2.83 bits per heavy atom. The third kappa shape index (κ3) is 2.64. The van der Waals surface area contributed by atoms with Crippen LogP contribution in [0.15, 0.2) is 41.4 Å². The van der Waals surface area contributed by atoms with Crippen LogP contribution in [0.2, 0.25) is 0 Å². The maximum Gasteiger partial charge on any atom is 0.206 e. The fourth-order valence-electron chi connectivity index (χ4n) is 2.36. The quantitative estimate of drug-likeness (QED) is 0.608. The molecule has 1 atom stereocenters. The number of nitrogens with zero attached hydrogens (tertiary/aromatic N) is 3. The van der Waals surface area contributed by atoms with E-state index in [1.165, 1.54) is 19.3 Å². The van der Waals surface area contributed by atoms with Crippen molar-refractivity contribution in [3.8, 4) is 17.2 Å². The zero-order valence-electron chi connectivity index (χ0n) is 12.9. The van der Waals surface area contributed by atoms with Gasteiger partial charge in [-0.1, -0.05) is 18.3 Å². The third-order valence-corrected chi connectivity index (χ3v) is 3.55. The standard InChI is InChI=1S/C15H15FN4O4/c1-4-8(2)17-12(15-18-20(15)19-21)9-7-10(22-3)13-14(11(9)16)24-6-5-23-13/h4,7,12,17H,1-2,5-6H2,3H3. The highest BCUT2D eigenvalue weighted by Gasteiger charge is 2.39. The summed E-state index contributed by atoms with van der Waals surface area (Å²) in [6.07, 6.45) is 1.46. The van der Waals surface area contributed by atoms with Crippen LogP contribution in [0.5, 0.6) is 17.2 Å². The van der Waals surface area contributed by atoms with Crippen molar-refractivity contribution in [2.75, 3.05) is 20.3 Å². The van der Waals surface area contributed by atoms with Crippen molar-refractivity contribution in [1.82, 2.24) is 10.4 Å². The molecule has 0 saturated carbocycles. The van der Waals surface area contributed by atoms with Gasteiger partial charge >= 0.3 is 0 Å². The minimum absolute atomic E-state index is 0.0431. The summed E-state index contributed by atoms with van der Waals surface area (Å²) in [7, 11) is 1.44. The second-order valence-electron chi connectivity index (χ2n) is 4.97. The smallest absolute Gasteiger partial charge is 0.206 e. The van der Waals surface area contributed by atoms with Gasteiger partial charge in [-0.2, -0.15) is 0 Å². The third-order valence-electron chi connectivity index (χ3n) is 3.55. The van der Waals surface area contributed by atoms with Gasteiger partial charge in [-0.15, -0.1) is 10.0 Å². The van der Waals surface area contributed by atoms with Crippen LogP contribution in [0.4, 0.5) is 4.39 Å². The zero-order valence-corrected chi connectivity index (χ0v) is 12.9. The number of hydrazone groups is 1. The minimum Gasteiger partial charge on any atom is -0.493 e. The predicted molar refractivity (Wildman–Crippen MR) is 84.2 cm³/mol. The number of hydrogen-bond acceptors (Lipinski definition) is 7. The second-order valence-corrected chi connectivity index (χ2v) is 4.97. The van der Waals surface area contributed by atoms with E-state index in [1.54, 1.807) is 0 Å². The van der Waals surface area contributed by atoms with Crippen LogP contribution < -0.4 is 19.5 Å².